The second kappa shape index (κ2) is 9.16. The summed E-state index contributed by atoms with van der Waals surface area (Å²) in [6, 6.07) is 14.2. The lowest BCUT2D eigenvalue weighted by atomic mass is 9.90. The summed E-state index contributed by atoms with van der Waals surface area (Å²) in [7, 11) is 0. The van der Waals surface area contributed by atoms with E-state index in [1.165, 1.54) is 35.4 Å². The lowest BCUT2D eigenvalue weighted by Gasteiger charge is -2.32. The Labute approximate surface area is 164 Å². The highest BCUT2D eigenvalue weighted by Gasteiger charge is 2.30. The predicted octanol–water partition coefficient (Wildman–Crippen LogP) is 6.27. The van der Waals surface area contributed by atoms with Crippen molar-refractivity contribution in [2.45, 2.75) is 43.3 Å². The molecule has 1 aliphatic heterocycles. The molecule has 1 heterocycles. The molecule has 0 unspecified atom stereocenters. The van der Waals surface area contributed by atoms with E-state index >= 15 is 0 Å². The van der Waals surface area contributed by atoms with Gasteiger partial charge in [0.05, 0.1) is 5.56 Å². The van der Waals surface area contributed by atoms with Gasteiger partial charge in [0, 0.05) is 11.4 Å². The molecule has 0 bridgehead atoms. The quantitative estimate of drug-likeness (QED) is 0.532. The van der Waals surface area contributed by atoms with Crippen LogP contribution in [-0.2, 0) is 19.1 Å². The van der Waals surface area contributed by atoms with Crippen LogP contribution >= 0.6 is 11.8 Å². The zero-order valence-corrected chi connectivity index (χ0v) is 16.5. The SMILES string of the molecule is CSc1ccccc1CN1CCC(CCc2ccc(C(F)(F)F)cc2)CC1. The fourth-order valence-electron chi connectivity index (χ4n) is 3.74. The van der Waals surface area contributed by atoms with Crippen molar-refractivity contribution in [2.75, 3.05) is 19.3 Å². The number of piperidine rings is 1. The maximum Gasteiger partial charge on any atom is 0.416 e. The lowest BCUT2D eigenvalue weighted by Crippen LogP contribution is -2.33. The minimum atomic E-state index is -4.25. The summed E-state index contributed by atoms with van der Waals surface area (Å²) >= 11 is 1.80. The van der Waals surface area contributed by atoms with Crippen LogP contribution in [0, 0.1) is 5.92 Å². The molecule has 0 aromatic heterocycles. The van der Waals surface area contributed by atoms with Crippen molar-refractivity contribution in [3.63, 3.8) is 0 Å². The molecule has 1 saturated heterocycles. The van der Waals surface area contributed by atoms with Gasteiger partial charge in [-0.1, -0.05) is 30.3 Å². The number of aryl methyl sites for hydroxylation is 1. The highest BCUT2D eigenvalue weighted by atomic mass is 32.2. The molecule has 0 amide bonds. The Morgan fingerprint density at radius 3 is 2.30 bits per heavy atom. The average molecular weight is 394 g/mol. The second-order valence-corrected chi connectivity index (χ2v) is 8.11. The summed E-state index contributed by atoms with van der Waals surface area (Å²) in [6.45, 7) is 3.20. The number of hydrogen-bond donors (Lipinski definition) is 0. The number of thioether (sulfide) groups is 1. The largest absolute Gasteiger partial charge is 0.416 e. The van der Waals surface area contributed by atoms with Crippen molar-refractivity contribution in [3.05, 3.63) is 65.2 Å². The van der Waals surface area contributed by atoms with E-state index in [4.69, 9.17) is 0 Å². The number of nitrogens with zero attached hydrogens (tertiary/aromatic N) is 1. The van der Waals surface area contributed by atoms with Gasteiger partial charge in [-0.2, -0.15) is 13.2 Å². The Morgan fingerprint density at radius 2 is 1.67 bits per heavy atom. The van der Waals surface area contributed by atoms with Crippen molar-refractivity contribution in [1.29, 1.82) is 0 Å². The van der Waals surface area contributed by atoms with E-state index < -0.39 is 11.7 Å². The highest BCUT2D eigenvalue weighted by Crippen LogP contribution is 2.30. The maximum absolute atomic E-state index is 12.6. The molecule has 5 heteroatoms. The second-order valence-electron chi connectivity index (χ2n) is 7.26. The maximum atomic E-state index is 12.6. The molecular weight excluding hydrogens is 367 g/mol. The smallest absolute Gasteiger partial charge is 0.299 e. The average Bonchev–Trinajstić information content (AvgIpc) is 2.67. The monoisotopic (exact) mass is 393 g/mol. The van der Waals surface area contributed by atoms with Crippen LogP contribution in [0.25, 0.3) is 0 Å². The molecule has 146 valence electrons. The summed E-state index contributed by atoms with van der Waals surface area (Å²) in [5, 5.41) is 0. The first kappa shape index (κ1) is 20.3. The number of alkyl halides is 3. The van der Waals surface area contributed by atoms with E-state index in [2.05, 4.69) is 35.4 Å². The molecule has 0 atom stereocenters. The van der Waals surface area contributed by atoms with Crippen LogP contribution in [0.2, 0.25) is 0 Å². The van der Waals surface area contributed by atoms with Gasteiger partial charge >= 0.3 is 6.18 Å². The van der Waals surface area contributed by atoms with Crippen molar-refractivity contribution >= 4 is 11.8 Å². The molecule has 0 N–H and O–H groups in total. The Balaban J connectivity index is 1.44. The van der Waals surface area contributed by atoms with Gasteiger partial charge in [-0.3, -0.25) is 4.90 Å². The Morgan fingerprint density at radius 1 is 1.00 bits per heavy atom. The fourth-order valence-corrected chi connectivity index (χ4v) is 4.35. The van der Waals surface area contributed by atoms with Crippen LogP contribution < -0.4 is 0 Å². The molecule has 0 saturated carbocycles. The Kier molecular flexibility index (Phi) is 6.88. The van der Waals surface area contributed by atoms with Crippen LogP contribution in [0.4, 0.5) is 13.2 Å². The molecular formula is C22H26F3NS. The normalized spacial score (nSPS) is 16.6. The van der Waals surface area contributed by atoms with Crippen LogP contribution in [0.5, 0.6) is 0 Å². The first-order valence-corrected chi connectivity index (χ1v) is 10.7. The summed E-state index contributed by atoms with van der Waals surface area (Å²) in [4.78, 5) is 3.87. The van der Waals surface area contributed by atoms with Crippen molar-refractivity contribution < 1.29 is 13.2 Å². The first-order valence-electron chi connectivity index (χ1n) is 9.46. The molecule has 3 rings (SSSR count). The molecule has 1 fully saturated rings. The van der Waals surface area contributed by atoms with E-state index in [-0.39, 0.29) is 0 Å². The van der Waals surface area contributed by atoms with E-state index in [1.54, 1.807) is 23.9 Å². The zero-order valence-electron chi connectivity index (χ0n) is 15.6. The predicted molar refractivity (Wildman–Crippen MR) is 106 cm³/mol. The summed E-state index contributed by atoms with van der Waals surface area (Å²) in [5.41, 5.74) is 1.83. The third kappa shape index (κ3) is 5.76. The summed E-state index contributed by atoms with van der Waals surface area (Å²) < 4.78 is 37.9. The Hall–Kier alpha value is -1.46. The minimum Gasteiger partial charge on any atom is -0.299 e. The molecule has 0 radical (unpaired) electrons. The topological polar surface area (TPSA) is 3.24 Å². The van der Waals surface area contributed by atoms with Gasteiger partial charge in [-0.15, -0.1) is 11.8 Å². The molecule has 0 spiro atoms. The third-order valence-corrected chi connectivity index (χ3v) is 6.25. The fraction of sp³-hybridized carbons (Fsp3) is 0.455. The standard InChI is InChI=1S/C22H26F3NS/c1-27-21-5-3-2-4-19(21)16-26-14-12-18(13-15-26)7-6-17-8-10-20(11-9-17)22(23,24)25/h2-5,8-11,18H,6-7,12-16H2,1H3. The van der Waals surface area contributed by atoms with Crippen molar-refractivity contribution in [3.8, 4) is 0 Å². The lowest BCUT2D eigenvalue weighted by molar-refractivity contribution is -0.137. The van der Waals surface area contributed by atoms with Gasteiger partial charge in [0.1, 0.15) is 0 Å². The Bertz CT molecular complexity index is 719. The van der Waals surface area contributed by atoms with Gasteiger partial charge in [0.25, 0.3) is 0 Å². The highest BCUT2D eigenvalue weighted by molar-refractivity contribution is 7.98. The van der Waals surface area contributed by atoms with Crippen molar-refractivity contribution in [1.82, 2.24) is 4.90 Å². The number of benzene rings is 2. The van der Waals surface area contributed by atoms with Crippen LogP contribution in [0.1, 0.15) is 36.0 Å². The number of halogens is 3. The molecule has 1 nitrogen and oxygen atoms in total. The number of likely N-dealkylation sites (tertiary alicyclic amines) is 1. The van der Waals surface area contributed by atoms with Gasteiger partial charge in [-0.25, -0.2) is 0 Å². The van der Waals surface area contributed by atoms with E-state index in [9.17, 15) is 13.2 Å². The summed E-state index contributed by atoms with van der Waals surface area (Å²) in [6.07, 6.45) is 2.12. The van der Waals surface area contributed by atoms with Crippen molar-refractivity contribution in [2.24, 2.45) is 5.92 Å². The number of hydrogen-bond acceptors (Lipinski definition) is 2. The number of rotatable bonds is 6. The molecule has 2 aromatic carbocycles. The van der Waals surface area contributed by atoms with Crippen LogP contribution in [0.15, 0.2) is 53.4 Å². The van der Waals surface area contributed by atoms with E-state index in [0.29, 0.717) is 5.92 Å². The van der Waals surface area contributed by atoms with E-state index in [1.807, 2.05) is 0 Å². The van der Waals surface area contributed by atoms with Gasteiger partial charge in [-0.05, 0) is 80.3 Å². The molecule has 1 aliphatic rings. The third-order valence-electron chi connectivity index (χ3n) is 5.42. The van der Waals surface area contributed by atoms with Crippen LogP contribution in [0.3, 0.4) is 0 Å². The van der Waals surface area contributed by atoms with Crippen LogP contribution in [-0.4, -0.2) is 24.2 Å². The summed E-state index contributed by atoms with van der Waals surface area (Å²) in [5.74, 6) is 0.666. The van der Waals surface area contributed by atoms with Gasteiger partial charge < -0.3 is 0 Å². The van der Waals surface area contributed by atoms with E-state index in [0.717, 1.165) is 38.0 Å². The van der Waals surface area contributed by atoms with Gasteiger partial charge in [0.15, 0.2) is 0 Å². The molecule has 2 aromatic rings. The molecule has 0 aliphatic carbocycles. The molecule has 27 heavy (non-hydrogen) atoms. The zero-order chi connectivity index (χ0) is 19.3. The first-order chi connectivity index (χ1) is 13.0. The van der Waals surface area contributed by atoms with Gasteiger partial charge in [0.2, 0.25) is 0 Å². The minimum absolute atomic E-state index is 0.565.